The average molecular weight is 179 g/mol. The second-order valence-electron chi connectivity index (χ2n) is 3.11. The van der Waals surface area contributed by atoms with Gasteiger partial charge in [0.25, 0.3) is 0 Å². The van der Waals surface area contributed by atoms with Gasteiger partial charge in [-0.05, 0) is 37.6 Å². The Morgan fingerprint density at radius 3 is 2.92 bits per heavy atom. The van der Waals surface area contributed by atoms with E-state index in [0.717, 1.165) is 18.7 Å². The van der Waals surface area contributed by atoms with Crippen LogP contribution in [0.5, 0.6) is 5.75 Å². The Bertz CT molecular complexity index is 248. The van der Waals surface area contributed by atoms with Gasteiger partial charge in [-0.3, -0.25) is 5.32 Å². The molecule has 0 aliphatic carbocycles. The Labute approximate surface area is 79.9 Å². The fraction of sp³-hybridized carbons (Fsp3) is 0.455. The predicted molar refractivity (Wildman–Crippen MR) is 55.0 cm³/mol. The molecule has 0 radical (unpaired) electrons. The fourth-order valence-corrected chi connectivity index (χ4v) is 1.09. The summed E-state index contributed by atoms with van der Waals surface area (Å²) in [6.45, 7) is 5.80. The lowest BCUT2D eigenvalue weighted by molar-refractivity contribution is 0.284. The summed E-state index contributed by atoms with van der Waals surface area (Å²) >= 11 is 0. The highest BCUT2D eigenvalue weighted by Crippen LogP contribution is 2.11. The van der Waals surface area contributed by atoms with Gasteiger partial charge in [-0.1, -0.05) is 19.1 Å². The van der Waals surface area contributed by atoms with Crippen LogP contribution in [0.25, 0.3) is 0 Å². The molecule has 0 bridgehead atoms. The van der Waals surface area contributed by atoms with Crippen LogP contribution < -0.4 is 10.1 Å². The molecule has 0 amide bonds. The van der Waals surface area contributed by atoms with Gasteiger partial charge < -0.3 is 4.74 Å². The van der Waals surface area contributed by atoms with Crippen molar-refractivity contribution in [3.63, 3.8) is 0 Å². The number of rotatable bonds is 5. The van der Waals surface area contributed by atoms with Gasteiger partial charge in [-0.15, -0.1) is 0 Å². The number of nitrogens with one attached hydrogen (secondary N) is 1. The van der Waals surface area contributed by atoms with Crippen LogP contribution in [0.1, 0.15) is 18.9 Å². The maximum atomic E-state index is 5.48. The van der Waals surface area contributed by atoms with Crippen LogP contribution in [0.4, 0.5) is 0 Å². The second-order valence-corrected chi connectivity index (χ2v) is 3.11. The Balaban J connectivity index is 2.28. The summed E-state index contributed by atoms with van der Waals surface area (Å²) < 4.78 is 5.48. The lowest BCUT2D eigenvalue weighted by Gasteiger charge is -2.07. The summed E-state index contributed by atoms with van der Waals surface area (Å²) in [6.07, 6.45) is 1.14. The Kier molecular flexibility index (Phi) is 4.33. The molecule has 1 aromatic carbocycles. The number of benzene rings is 1. The van der Waals surface area contributed by atoms with Gasteiger partial charge in [-0.2, -0.15) is 0 Å². The first kappa shape index (κ1) is 10.1. The van der Waals surface area contributed by atoms with Crippen LogP contribution in [0.2, 0.25) is 0 Å². The molecular weight excluding hydrogens is 162 g/mol. The minimum atomic E-state index is 0.595. The van der Waals surface area contributed by atoms with Gasteiger partial charge in [-0.25, -0.2) is 0 Å². The van der Waals surface area contributed by atoms with Crippen LogP contribution in [-0.2, 0) is 0 Å². The molecule has 1 N–H and O–H groups in total. The SMILES string of the molecule is CCCNCOc1cccc(C)c1. The standard InChI is InChI=1S/C11H17NO/c1-3-7-12-9-13-11-6-4-5-10(2)8-11/h4-6,8,12H,3,7,9H2,1-2H3. The van der Waals surface area contributed by atoms with Crippen LogP contribution in [-0.4, -0.2) is 13.3 Å². The molecule has 0 fully saturated rings. The van der Waals surface area contributed by atoms with Crippen molar-refractivity contribution in [2.24, 2.45) is 0 Å². The van der Waals surface area contributed by atoms with Gasteiger partial charge in [0.1, 0.15) is 12.5 Å². The first-order valence-corrected chi connectivity index (χ1v) is 4.73. The number of aryl methyl sites for hydroxylation is 1. The van der Waals surface area contributed by atoms with E-state index < -0.39 is 0 Å². The number of hydrogen-bond donors (Lipinski definition) is 1. The molecule has 2 heteroatoms. The first-order valence-electron chi connectivity index (χ1n) is 4.73. The number of hydrogen-bond acceptors (Lipinski definition) is 2. The smallest absolute Gasteiger partial charge is 0.139 e. The van der Waals surface area contributed by atoms with Gasteiger partial charge in [0, 0.05) is 0 Å². The van der Waals surface area contributed by atoms with Crippen molar-refractivity contribution in [2.45, 2.75) is 20.3 Å². The molecule has 0 unspecified atom stereocenters. The molecule has 0 aliphatic heterocycles. The minimum Gasteiger partial charge on any atom is -0.478 e. The largest absolute Gasteiger partial charge is 0.478 e. The maximum Gasteiger partial charge on any atom is 0.139 e. The van der Waals surface area contributed by atoms with Crippen molar-refractivity contribution in [1.82, 2.24) is 5.32 Å². The molecule has 0 saturated heterocycles. The van der Waals surface area contributed by atoms with Gasteiger partial charge in [0.15, 0.2) is 0 Å². The zero-order chi connectivity index (χ0) is 9.52. The molecule has 13 heavy (non-hydrogen) atoms. The van der Waals surface area contributed by atoms with E-state index in [9.17, 15) is 0 Å². The molecule has 0 heterocycles. The highest BCUT2D eigenvalue weighted by molar-refractivity contribution is 5.27. The lowest BCUT2D eigenvalue weighted by Crippen LogP contribution is -2.20. The van der Waals surface area contributed by atoms with Crippen molar-refractivity contribution in [3.8, 4) is 5.75 Å². The van der Waals surface area contributed by atoms with E-state index in [1.165, 1.54) is 5.56 Å². The molecule has 2 nitrogen and oxygen atoms in total. The van der Waals surface area contributed by atoms with Gasteiger partial charge in [0.05, 0.1) is 0 Å². The molecule has 0 spiro atoms. The van der Waals surface area contributed by atoms with Crippen LogP contribution in [0, 0.1) is 6.92 Å². The van der Waals surface area contributed by atoms with E-state index in [1.807, 2.05) is 18.2 Å². The van der Waals surface area contributed by atoms with Crippen molar-refractivity contribution < 1.29 is 4.74 Å². The van der Waals surface area contributed by atoms with E-state index in [-0.39, 0.29) is 0 Å². The number of ether oxygens (including phenoxy) is 1. The Morgan fingerprint density at radius 2 is 2.23 bits per heavy atom. The van der Waals surface area contributed by atoms with Gasteiger partial charge in [0.2, 0.25) is 0 Å². The minimum absolute atomic E-state index is 0.595. The van der Waals surface area contributed by atoms with E-state index in [1.54, 1.807) is 0 Å². The average Bonchev–Trinajstić information content (AvgIpc) is 2.13. The maximum absolute atomic E-state index is 5.48. The van der Waals surface area contributed by atoms with E-state index >= 15 is 0 Å². The molecule has 1 aromatic rings. The van der Waals surface area contributed by atoms with Gasteiger partial charge >= 0.3 is 0 Å². The summed E-state index contributed by atoms with van der Waals surface area (Å²) in [5.74, 6) is 0.934. The topological polar surface area (TPSA) is 21.3 Å². The quantitative estimate of drug-likeness (QED) is 0.553. The lowest BCUT2D eigenvalue weighted by atomic mass is 10.2. The third-order valence-corrected chi connectivity index (χ3v) is 1.76. The summed E-state index contributed by atoms with van der Waals surface area (Å²) in [7, 11) is 0. The molecule has 0 atom stereocenters. The monoisotopic (exact) mass is 179 g/mol. The highest BCUT2D eigenvalue weighted by Gasteiger charge is 1.91. The summed E-state index contributed by atoms with van der Waals surface area (Å²) in [5, 5.41) is 3.18. The van der Waals surface area contributed by atoms with Crippen LogP contribution >= 0.6 is 0 Å². The molecular formula is C11H17NO. The fourth-order valence-electron chi connectivity index (χ4n) is 1.09. The van der Waals surface area contributed by atoms with Crippen molar-refractivity contribution >= 4 is 0 Å². The van der Waals surface area contributed by atoms with Crippen molar-refractivity contribution in [3.05, 3.63) is 29.8 Å². The first-order chi connectivity index (χ1) is 6.33. The molecule has 0 aromatic heterocycles. The summed E-state index contributed by atoms with van der Waals surface area (Å²) in [4.78, 5) is 0. The van der Waals surface area contributed by atoms with Crippen LogP contribution in [0.3, 0.4) is 0 Å². The van der Waals surface area contributed by atoms with Crippen LogP contribution in [0.15, 0.2) is 24.3 Å². The third kappa shape index (κ3) is 3.95. The summed E-state index contributed by atoms with van der Waals surface area (Å²) in [5.41, 5.74) is 1.23. The normalized spacial score (nSPS) is 10.0. The molecule has 0 aliphatic rings. The van der Waals surface area contributed by atoms with E-state index in [2.05, 4.69) is 25.2 Å². The predicted octanol–water partition coefficient (Wildman–Crippen LogP) is 2.33. The highest BCUT2D eigenvalue weighted by atomic mass is 16.5. The molecule has 1 rings (SSSR count). The zero-order valence-electron chi connectivity index (χ0n) is 8.34. The van der Waals surface area contributed by atoms with Crippen molar-refractivity contribution in [2.75, 3.05) is 13.3 Å². The third-order valence-electron chi connectivity index (χ3n) is 1.76. The summed E-state index contributed by atoms with van der Waals surface area (Å²) in [6, 6.07) is 8.07. The Morgan fingerprint density at radius 1 is 1.38 bits per heavy atom. The second kappa shape index (κ2) is 5.60. The molecule has 0 saturated carbocycles. The molecule has 72 valence electrons. The van der Waals surface area contributed by atoms with Crippen molar-refractivity contribution in [1.29, 1.82) is 0 Å². The Hall–Kier alpha value is -1.02. The van der Waals surface area contributed by atoms with E-state index in [4.69, 9.17) is 4.74 Å². The zero-order valence-corrected chi connectivity index (χ0v) is 8.34. The van der Waals surface area contributed by atoms with E-state index in [0.29, 0.717) is 6.73 Å².